The zero-order valence-corrected chi connectivity index (χ0v) is 17.1. The van der Waals surface area contributed by atoms with Gasteiger partial charge in [-0.15, -0.1) is 0 Å². The van der Waals surface area contributed by atoms with E-state index >= 15 is 0 Å². The van der Waals surface area contributed by atoms with Gasteiger partial charge in [0.1, 0.15) is 5.84 Å². The van der Waals surface area contributed by atoms with Crippen LogP contribution in [0, 0.1) is 13.8 Å². The Hall–Kier alpha value is -3.86. The van der Waals surface area contributed by atoms with Crippen molar-refractivity contribution in [3.8, 4) is 0 Å². The number of nitrogens with zero attached hydrogens (tertiary/aromatic N) is 2. The predicted molar refractivity (Wildman–Crippen MR) is 124 cm³/mol. The lowest BCUT2D eigenvalue weighted by atomic mass is 10.0. The number of aryl methyl sites for hydroxylation is 2. The van der Waals surface area contributed by atoms with Crippen LogP contribution in [-0.2, 0) is 0 Å². The number of benzene rings is 3. The molecular formula is C25H24N4O. The van der Waals surface area contributed by atoms with E-state index in [0.717, 1.165) is 28.1 Å². The smallest absolute Gasteiger partial charge is 0.330 e. The number of amides is 2. The maximum Gasteiger partial charge on any atom is 0.330 e. The van der Waals surface area contributed by atoms with Crippen LogP contribution in [0.3, 0.4) is 0 Å². The molecule has 3 aromatic carbocycles. The summed E-state index contributed by atoms with van der Waals surface area (Å²) in [5, 5.41) is 3.04. The van der Waals surface area contributed by atoms with Gasteiger partial charge in [-0.25, -0.2) is 9.79 Å². The molecule has 1 heterocycles. The maximum absolute atomic E-state index is 13.4. The Morgan fingerprint density at radius 2 is 1.73 bits per heavy atom. The zero-order chi connectivity index (χ0) is 21.1. The Balaban J connectivity index is 1.64. The van der Waals surface area contributed by atoms with Gasteiger partial charge < -0.3 is 11.1 Å². The fourth-order valence-electron chi connectivity index (χ4n) is 3.43. The van der Waals surface area contributed by atoms with Gasteiger partial charge in [0.15, 0.2) is 0 Å². The highest BCUT2D eigenvalue weighted by atomic mass is 16.2. The van der Waals surface area contributed by atoms with Gasteiger partial charge >= 0.3 is 6.03 Å². The van der Waals surface area contributed by atoms with Crippen molar-refractivity contribution < 1.29 is 4.79 Å². The summed E-state index contributed by atoms with van der Waals surface area (Å²) < 4.78 is 0. The number of nitrogens with two attached hydrogens (primary N) is 1. The first kappa shape index (κ1) is 19.5. The molecule has 1 aliphatic rings. The lowest BCUT2D eigenvalue weighted by molar-refractivity contribution is 0.259. The third-order valence-corrected chi connectivity index (χ3v) is 5.21. The van der Waals surface area contributed by atoms with Gasteiger partial charge in [0.25, 0.3) is 0 Å². The number of carbonyl (C=O) groups is 1. The van der Waals surface area contributed by atoms with Crippen LogP contribution in [0.25, 0.3) is 5.57 Å². The number of carbonyl (C=O) groups excluding carboxylic acids is 1. The van der Waals surface area contributed by atoms with Crippen LogP contribution in [0.2, 0.25) is 0 Å². The number of para-hydroxylation sites is 1. The number of hydrogen-bond donors (Lipinski definition) is 2. The maximum atomic E-state index is 13.4. The normalized spacial score (nSPS) is 12.9. The molecule has 0 aromatic heterocycles. The minimum absolute atomic E-state index is 0.224. The number of urea groups is 1. The first-order valence-electron chi connectivity index (χ1n) is 9.86. The zero-order valence-electron chi connectivity index (χ0n) is 17.1. The minimum atomic E-state index is -0.224. The average molecular weight is 396 g/mol. The van der Waals surface area contributed by atoms with E-state index in [-0.39, 0.29) is 6.03 Å². The van der Waals surface area contributed by atoms with E-state index in [0.29, 0.717) is 17.9 Å². The van der Waals surface area contributed by atoms with Gasteiger partial charge in [0, 0.05) is 18.3 Å². The Kier molecular flexibility index (Phi) is 5.35. The Labute approximate surface area is 176 Å². The van der Waals surface area contributed by atoms with Gasteiger partial charge in [-0.3, -0.25) is 4.90 Å². The van der Waals surface area contributed by atoms with E-state index in [2.05, 4.69) is 17.2 Å². The molecule has 0 atom stereocenters. The molecule has 4 rings (SSSR count). The highest BCUT2D eigenvalue weighted by Crippen LogP contribution is 2.29. The summed E-state index contributed by atoms with van der Waals surface area (Å²) in [6, 6.07) is 23.2. The summed E-state index contributed by atoms with van der Waals surface area (Å²) in [5.41, 5.74) is 12.5. The first-order chi connectivity index (χ1) is 14.5. The van der Waals surface area contributed by atoms with Crippen LogP contribution < -0.4 is 16.0 Å². The van der Waals surface area contributed by atoms with E-state index in [4.69, 9.17) is 5.73 Å². The lowest BCUT2D eigenvalue weighted by Gasteiger charge is -2.24. The standard InChI is InChI=1S/C25H24N4O/c1-17-11-12-23(13-18(17)2)29(22-9-4-3-5-10-22)25(30)28-21-8-6-7-19(14-21)20-15-24(26)27-16-20/h3-14,16H,15H2,1-2H3,(H2,26,27)(H,28,30). The number of nitrogens with one attached hydrogen (secondary N) is 1. The fraction of sp³-hybridized carbons (Fsp3) is 0.120. The van der Waals surface area contributed by atoms with Crippen molar-refractivity contribution >= 4 is 34.5 Å². The molecule has 0 fully saturated rings. The lowest BCUT2D eigenvalue weighted by Crippen LogP contribution is -2.30. The van der Waals surface area contributed by atoms with Crippen molar-refractivity contribution in [2.45, 2.75) is 20.3 Å². The van der Waals surface area contributed by atoms with Gasteiger partial charge in [-0.05, 0) is 72.5 Å². The van der Waals surface area contributed by atoms with Gasteiger partial charge in [-0.1, -0.05) is 36.4 Å². The summed E-state index contributed by atoms with van der Waals surface area (Å²) in [6.07, 6.45) is 2.40. The molecule has 2 amide bonds. The van der Waals surface area contributed by atoms with Crippen molar-refractivity contribution in [1.29, 1.82) is 0 Å². The van der Waals surface area contributed by atoms with Crippen LogP contribution in [0.15, 0.2) is 84.0 Å². The second-order valence-corrected chi connectivity index (χ2v) is 7.40. The number of anilines is 3. The molecule has 0 aliphatic carbocycles. The Bertz CT molecular complexity index is 1150. The SMILES string of the molecule is Cc1ccc(N(C(=O)Nc2cccc(C3=CN=C(N)C3)c2)c2ccccc2)cc1C. The molecule has 5 nitrogen and oxygen atoms in total. The summed E-state index contributed by atoms with van der Waals surface area (Å²) in [4.78, 5) is 19.2. The van der Waals surface area contributed by atoms with Gasteiger partial charge in [-0.2, -0.15) is 0 Å². The molecule has 0 spiro atoms. The Morgan fingerprint density at radius 1 is 0.933 bits per heavy atom. The number of hydrogen-bond acceptors (Lipinski definition) is 3. The van der Waals surface area contributed by atoms with Crippen LogP contribution in [-0.4, -0.2) is 11.9 Å². The first-order valence-corrected chi connectivity index (χ1v) is 9.86. The molecule has 150 valence electrons. The fourth-order valence-corrected chi connectivity index (χ4v) is 3.43. The molecule has 0 radical (unpaired) electrons. The topological polar surface area (TPSA) is 70.7 Å². The molecular weight excluding hydrogens is 372 g/mol. The number of aliphatic imine (C=N–C) groups is 1. The number of amidine groups is 1. The summed E-state index contributed by atoms with van der Waals surface area (Å²) in [7, 11) is 0. The molecule has 5 heteroatoms. The average Bonchev–Trinajstić information content (AvgIpc) is 3.18. The van der Waals surface area contributed by atoms with E-state index < -0.39 is 0 Å². The van der Waals surface area contributed by atoms with Crippen LogP contribution >= 0.6 is 0 Å². The number of rotatable bonds is 4. The molecule has 30 heavy (non-hydrogen) atoms. The molecule has 1 aliphatic heterocycles. The van der Waals surface area contributed by atoms with Gasteiger partial charge in [0.2, 0.25) is 0 Å². The monoisotopic (exact) mass is 396 g/mol. The van der Waals surface area contributed by atoms with Crippen molar-refractivity contribution in [1.82, 2.24) is 0 Å². The highest BCUT2D eigenvalue weighted by Gasteiger charge is 2.19. The molecule has 0 bridgehead atoms. The molecule has 0 saturated carbocycles. The van der Waals surface area contributed by atoms with Crippen molar-refractivity contribution in [2.24, 2.45) is 10.7 Å². The third kappa shape index (κ3) is 4.10. The van der Waals surface area contributed by atoms with E-state index in [1.165, 1.54) is 5.56 Å². The highest BCUT2D eigenvalue weighted by molar-refractivity contribution is 6.07. The summed E-state index contributed by atoms with van der Waals surface area (Å²) >= 11 is 0. The Morgan fingerprint density at radius 3 is 2.43 bits per heavy atom. The van der Waals surface area contributed by atoms with Gasteiger partial charge in [0.05, 0.1) is 11.4 Å². The van der Waals surface area contributed by atoms with Crippen molar-refractivity contribution in [2.75, 3.05) is 10.2 Å². The minimum Gasteiger partial charge on any atom is -0.387 e. The van der Waals surface area contributed by atoms with E-state index in [1.54, 1.807) is 11.1 Å². The summed E-state index contributed by atoms with van der Waals surface area (Å²) in [6.45, 7) is 4.11. The van der Waals surface area contributed by atoms with Crippen LogP contribution in [0.5, 0.6) is 0 Å². The molecule has 0 unspecified atom stereocenters. The summed E-state index contributed by atoms with van der Waals surface area (Å²) in [5.74, 6) is 0.601. The van der Waals surface area contributed by atoms with Crippen molar-refractivity contribution in [3.05, 3.63) is 95.7 Å². The van der Waals surface area contributed by atoms with Crippen molar-refractivity contribution in [3.63, 3.8) is 0 Å². The molecule has 3 N–H and O–H groups in total. The third-order valence-electron chi connectivity index (χ3n) is 5.21. The predicted octanol–water partition coefficient (Wildman–Crippen LogP) is 5.78. The second-order valence-electron chi connectivity index (χ2n) is 7.40. The largest absolute Gasteiger partial charge is 0.387 e. The van der Waals surface area contributed by atoms with E-state index in [9.17, 15) is 4.79 Å². The molecule has 3 aromatic rings. The molecule has 0 saturated heterocycles. The quantitative estimate of drug-likeness (QED) is 0.587. The second kappa shape index (κ2) is 8.25. The van der Waals surface area contributed by atoms with Crippen LogP contribution in [0.1, 0.15) is 23.1 Å². The van der Waals surface area contributed by atoms with E-state index in [1.807, 2.05) is 79.7 Å². The van der Waals surface area contributed by atoms with Crippen LogP contribution in [0.4, 0.5) is 21.9 Å².